The summed E-state index contributed by atoms with van der Waals surface area (Å²) >= 11 is 0. The van der Waals surface area contributed by atoms with Crippen molar-refractivity contribution in [3.05, 3.63) is 48.0 Å². The molecule has 1 aromatic heterocycles. The van der Waals surface area contributed by atoms with Gasteiger partial charge >= 0.3 is 0 Å². The summed E-state index contributed by atoms with van der Waals surface area (Å²) in [5.74, 6) is 2.22. The smallest absolute Gasteiger partial charge is 0.248 e. The summed E-state index contributed by atoms with van der Waals surface area (Å²) in [6, 6.07) is 13.4. The topological polar surface area (TPSA) is 57.4 Å². The first-order valence-electron chi connectivity index (χ1n) is 6.85. The number of aryl methyl sites for hydroxylation is 1. The van der Waals surface area contributed by atoms with Crippen LogP contribution in [-0.4, -0.2) is 24.4 Å². The zero-order chi connectivity index (χ0) is 15.5. The maximum atomic E-state index is 5.79. The Morgan fingerprint density at radius 3 is 2.32 bits per heavy atom. The molecule has 5 heteroatoms. The molecule has 0 radical (unpaired) electrons. The Balaban J connectivity index is 1.99. The molecule has 3 aromatic rings. The van der Waals surface area contributed by atoms with Gasteiger partial charge in [0.25, 0.3) is 0 Å². The molecule has 22 heavy (non-hydrogen) atoms. The number of ether oxygens (including phenoxy) is 2. The average Bonchev–Trinajstić information content (AvgIpc) is 3.04. The van der Waals surface area contributed by atoms with Crippen LogP contribution in [0.25, 0.3) is 22.9 Å². The second kappa shape index (κ2) is 5.89. The highest BCUT2D eigenvalue weighted by Gasteiger charge is 2.14. The molecule has 0 fully saturated rings. The molecular weight excluding hydrogens is 280 g/mol. The van der Waals surface area contributed by atoms with Crippen molar-refractivity contribution in [3.63, 3.8) is 0 Å². The van der Waals surface area contributed by atoms with Crippen LogP contribution >= 0.6 is 0 Å². The molecule has 1 heterocycles. The van der Waals surface area contributed by atoms with Gasteiger partial charge in [0.15, 0.2) is 11.5 Å². The van der Waals surface area contributed by atoms with Gasteiger partial charge in [-0.05, 0) is 36.8 Å². The van der Waals surface area contributed by atoms with Crippen molar-refractivity contribution in [2.24, 2.45) is 0 Å². The van der Waals surface area contributed by atoms with Crippen molar-refractivity contribution < 1.29 is 13.9 Å². The summed E-state index contributed by atoms with van der Waals surface area (Å²) in [6.07, 6.45) is 0. The van der Waals surface area contributed by atoms with E-state index in [9.17, 15) is 0 Å². The Morgan fingerprint density at radius 1 is 0.864 bits per heavy atom. The van der Waals surface area contributed by atoms with E-state index >= 15 is 0 Å². The molecule has 0 amide bonds. The van der Waals surface area contributed by atoms with Gasteiger partial charge in [0, 0.05) is 11.1 Å². The van der Waals surface area contributed by atoms with E-state index in [1.807, 2.05) is 49.4 Å². The fourth-order valence-electron chi connectivity index (χ4n) is 2.23. The lowest BCUT2D eigenvalue weighted by Gasteiger charge is -2.07. The van der Waals surface area contributed by atoms with E-state index in [1.165, 1.54) is 0 Å². The summed E-state index contributed by atoms with van der Waals surface area (Å²) in [4.78, 5) is 0. The van der Waals surface area contributed by atoms with Crippen LogP contribution in [0.1, 0.15) is 5.56 Å². The summed E-state index contributed by atoms with van der Waals surface area (Å²) in [5.41, 5.74) is 2.80. The molecule has 0 N–H and O–H groups in total. The number of methoxy groups -OCH3 is 2. The van der Waals surface area contributed by atoms with Crippen molar-refractivity contribution in [2.75, 3.05) is 14.2 Å². The van der Waals surface area contributed by atoms with E-state index in [-0.39, 0.29) is 0 Å². The molecule has 0 aliphatic carbocycles. The fraction of sp³-hybridized carbons (Fsp3) is 0.176. The predicted octanol–water partition coefficient (Wildman–Crippen LogP) is 3.73. The van der Waals surface area contributed by atoms with Gasteiger partial charge in [-0.3, -0.25) is 0 Å². The number of benzene rings is 2. The van der Waals surface area contributed by atoms with Crippen LogP contribution in [-0.2, 0) is 0 Å². The third-order valence-corrected chi connectivity index (χ3v) is 3.43. The molecule has 5 nitrogen and oxygen atoms in total. The molecule has 0 aliphatic rings. The number of nitrogens with zero attached hydrogens (tertiary/aromatic N) is 2. The summed E-state index contributed by atoms with van der Waals surface area (Å²) in [5, 5.41) is 8.25. The lowest BCUT2D eigenvalue weighted by Crippen LogP contribution is -1.90. The van der Waals surface area contributed by atoms with Crippen molar-refractivity contribution in [1.82, 2.24) is 10.2 Å². The van der Waals surface area contributed by atoms with E-state index in [2.05, 4.69) is 10.2 Å². The Hall–Kier alpha value is -2.82. The minimum absolute atomic E-state index is 0.444. The van der Waals surface area contributed by atoms with Gasteiger partial charge in [0.05, 0.1) is 14.2 Å². The number of hydrogen-bond acceptors (Lipinski definition) is 5. The van der Waals surface area contributed by atoms with Crippen molar-refractivity contribution in [2.45, 2.75) is 6.92 Å². The number of hydrogen-bond donors (Lipinski definition) is 0. The van der Waals surface area contributed by atoms with Crippen molar-refractivity contribution >= 4 is 0 Å². The molecular formula is C17H16N2O3. The van der Waals surface area contributed by atoms with Gasteiger partial charge in [-0.15, -0.1) is 10.2 Å². The first-order valence-corrected chi connectivity index (χ1v) is 6.85. The van der Waals surface area contributed by atoms with E-state index in [0.717, 1.165) is 16.7 Å². The standard InChI is InChI=1S/C17H16N2O3/c1-11-6-4-5-7-13(11)17-19-18-16(22-17)12-8-9-14(20-2)15(10-12)21-3/h4-10H,1-3H3. The highest BCUT2D eigenvalue weighted by atomic mass is 16.5. The monoisotopic (exact) mass is 296 g/mol. The van der Waals surface area contributed by atoms with Gasteiger partial charge in [-0.2, -0.15) is 0 Å². The largest absolute Gasteiger partial charge is 0.493 e. The predicted molar refractivity (Wildman–Crippen MR) is 83.0 cm³/mol. The van der Waals surface area contributed by atoms with Gasteiger partial charge < -0.3 is 13.9 Å². The Kier molecular flexibility index (Phi) is 3.78. The molecule has 0 aliphatic heterocycles. The normalized spacial score (nSPS) is 10.5. The van der Waals surface area contributed by atoms with Crippen molar-refractivity contribution in [3.8, 4) is 34.4 Å². The Morgan fingerprint density at radius 2 is 1.59 bits per heavy atom. The summed E-state index contributed by atoms with van der Waals surface area (Å²) < 4.78 is 16.3. The SMILES string of the molecule is COc1ccc(-c2nnc(-c3ccccc3C)o2)cc1OC. The molecule has 0 unspecified atom stereocenters. The first-order chi connectivity index (χ1) is 10.7. The molecule has 0 saturated carbocycles. The summed E-state index contributed by atoms with van der Waals surface area (Å²) in [6.45, 7) is 2.01. The van der Waals surface area contributed by atoms with Crippen molar-refractivity contribution in [1.29, 1.82) is 0 Å². The maximum Gasteiger partial charge on any atom is 0.248 e. The minimum Gasteiger partial charge on any atom is -0.493 e. The van der Waals surface area contributed by atoms with Crippen LogP contribution in [0.5, 0.6) is 11.5 Å². The molecule has 0 spiro atoms. The number of rotatable bonds is 4. The maximum absolute atomic E-state index is 5.79. The van der Waals surface area contributed by atoms with E-state index in [1.54, 1.807) is 14.2 Å². The van der Waals surface area contributed by atoms with E-state index in [4.69, 9.17) is 13.9 Å². The van der Waals surface area contributed by atoms with Crippen LogP contribution in [0.15, 0.2) is 46.9 Å². The Labute approximate surface area is 128 Å². The van der Waals surface area contributed by atoms with Crippen LogP contribution in [0.2, 0.25) is 0 Å². The quantitative estimate of drug-likeness (QED) is 0.734. The second-order valence-corrected chi connectivity index (χ2v) is 4.80. The zero-order valence-electron chi connectivity index (χ0n) is 12.7. The first kappa shape index (κ1) is 14.1. The fourth-order valence-corrected chi connectivity index (χ4v) is 2.23. The van der Waals surface area contributed by atoms with Gasteiger partial charge in [0.2, 0.25) is 11.8 Å². The molecule has 0 bridgehead atoms. The third-order valence-electron chi connectivity index (χ3n) is 3.43. The molecule has 0 atom stereocenters. The number of aromatic nitrogens is 2. The zero-order valence-corrected chi connectivity index (χ0v) is 12.7. The van der Waals surface area contributed by atoms with Gasteiger partial charge in [-0.1, -0.05) is 18.2 Å². The lowest BCUT2D eigenvalue weighted by atomic mass is 10.1. The highest BCUT2D eigenvalue weighted by Crippen LogP contribution is 2.33. The minimum atomic E-state index is 0.444. The second-order valence-electron chi connectivity index (χ2n) is 4.80. The molecule has 3 rings (SSSR count). The Bertz CT molecular complexity index is 796. The van der Waals surface area contributed by atoms with Crippen LogP contribution in [0, 0.1) is 6.92 Å². The third kappa shape index (κ3) is 2.53. The van der Waals surface area contributed by atoms with Crippen LogP contribution in [0.4, 0.5) is 0 Å². The molecule has 0 saturated heterocycles. The van der Waals surface area contributed by atoms with Gasteiger partial charge in [0.1, 0.15) is 0 Å². The van der Waals surface area contributed by atoms with E-state index in [0.29, 0.717) is 23.3 Å². The lowest BCUT2D eigenvalue weighted by molar-refractivity contribution is 0.355. The van der Waals surface area contributed by atoms with Crippen LogP contribution < -0.4 is 9.47 Å². The molecule has 2 aromatic carbocycles. The van der Waals surface area contributed by atoms with E-state index < -0.39 is 0 Å². The summed E-state index contributed by atoms with van der Waals surface area (Å²) in [7, 11) is 3.19. The highest BCUT2D eigenvalue weighted by molar-refractivity contribution is 5.63. The average molecular weight is 296 g/mol. The van der Waals surface area contributed by atoms with Crippen LogP contribution in [0.3, 0.4) is 0 Å². The molecule has 112 valence electrons. The van der Waals surface area contributed by atoms with Gasteiger partial charge in [-0.25, -0.2) is 0 Å².